The van der Waals surface area contributed by atoms with Crippen molar-refractivity contribution in [2.45, 2.75) is 6.92 Å². The molecule has 5 nitrogen and oxygen atoms in total. The molecule has 2 amide bonds. The van der Waals surface area contributed by atoms with Gasteiger partial charge in [0, 0.05) is 24.6 Å². The molecule has 0 aliphatic rings. The van der Waals surface area contributed by atoms with Crippen LogP contribution in [0.3, 0.4) is 0 Å². The van der Waals surface area contributed by atoms with E-state index in [0.29, 0.717) is 33.4 Å². The zero-order valence-electron chi connectivity index (χ0n) is 11.7. The Balaban J connectivity index is 2.21. The number of hydrogen-bond donors (Lipinski definition) is 2. The number of carbonyl (C=O) groups is 2. The van der Waals surface area contributed by atoms with Crippen LogP contribution in [0, 0.1) is 0 Å². The van der Waals surface area contributed by atoms with E-state index in [4.69, 9.17) is 23.2 Å². The maximum absolute atomic E-state index is 12.1. The largest absolute Gasteiger partial charge is 0.352 e. The maximum atomic E-state index is 12.1. The van der Waals surface area contributed by atoms with Crippen LogP contribution < -0.4 is 10.6 Å². The molecule has 0 aliphatic heterocycles. The lowest BCUT2D eigenvalue weighted by Crippen LogP contribution is -2.23. The van der Waals surface area contributed by atoms with Crippen LogP contribution in [-0.2, 0) is 0 Å². The first kappa shape index (κ1) is 16.3. The Morgan fingerprint density at radius 2 is 1.91 bits per heavy atom. The molecule has 0 aliphatic carbocycles. The molecule has 0 spiro atoms. The van der Waals surface area contributed by atoms with Gasteiger partial charge in [-0.2, -0.15) is 0 Å². The van der Waals surface area contributed by atoms with Crippen LogP contribution in [0.4, 0.5) is 5.69 Å². The third-order valence-electron chi connectivity index (χ3n) is 2.77. The maximum Gasteiger partial charge on any atom is 0.257 e. The van der Waals surface area contributed by atoms with Crippen molar-refractivity contribution in [3.8, 4) is 0 Å². The zero-order valence-corrected chi connectivity index (χ0v) is 13.2. The molecule has 0 saturated heterocycles. The molecular weight excluding hydrogens is 325 g/mol. The average Bonchev–Trinajstić information content (AvgIpc) is 2.49. The van der Waals surface area contributed by atoms with Gasteiger partial charge in [-0.15, -0.1) is 0 Å². The van der Waals surface area contributed by atoms with E-state index >= 15 is 0 Å². The summed E-state index contributed by atoms with van der Waals surface area (Å²) in [5.41, 5.74) is 1.07. The Bertz CT molecular complexity index is 720. The number of carbonyl (C=O) groups excluding carboxylic acids is 2. The lowest BCUT2D eigenvalue weighted by molar-refractivity contribution is 0.0954. The van der Waals surface area contributed by atoms with Gasteiger partial charge in [-0.3, -0.25) is 14.6 Å². The van der Waals surface area contributed by atoms with Crippen molar-refractivity contribution < 1.29 is 9.59 Å². The summed E-state index contributed by atoms with van der Waals surface area (Å²) in [4.78, 5) is 27.9. The Hall–Kier alpha value is -2.11. The van der Waals surface area contributed by atoms with Crippen LogP contribution in [0.15, 0.2) is 36.7 Å². The number of aromatic nitrogens is 1. The van der Waals surface area contributed by atoms with Crippen molar-refractivity contribution in [1.29, 1.82) is 0 Å². The molecule has 1 aromatic heterocycles. The average molecular weight is 338 g/mol. The summed E-state index contributed by atoms with van der Waals surface area (Å²) in [6, 6.07) is 6.19. The van der Waals surface area contributed by atoms with E-state index in [1.165, 1.54) is 24.5 Å². The minimum Gasteiger partial charge on any atom is -0.352 e. The van der Waals surface area contributed by atoms with Gasteiger partial charge in [-0.25, -0.2) is 0 Å². The van der Waals surface area contributed by atoms with Gasteiger partial charge in [0.15, 0.2) is 0 Å². The molecule has 2 N–H and O–H groups in total. The predicted molar refractivity (Wildman–Crippen MR) is 86.7 cm³/mol. The lowest BCUT2D eigenvalue weighted by atomic mass is 10.1. The van der Waals surface area contributed by atoms with E-state index in [0.717, 1.165) is 0 Å². The normalized spacial score (nSPS) is 10.1. The third kappa shape index (κ3) is 3.96. The van der Waals surface area contributed by atoms with Crippen molar-refractivity contribution in [3.63, 3.8) is 0 Å². The number of nitrogens with one attached hydrogen (secondary N) is 2. The van der Waals surface area contributed by atoms with Gasteiger partial charge in [0.2, 0.25) is 0 Å². The number of nitrogens with zero attached hydrogens (tertiary/aromatic N) is 1. The second-order valence-electron chi connectivity index (χ2n) is 4.40. The van der Waals surface area contributed by atoms with Gasteiger partial charge in [0.1, 0.15) is 0 Å². The summed E-state index contributed by atoms with van der Waals surface area (Å²) in [6.45, 7) is 2.30. The van der Waals surface area contributed by atoms with Crippen LogP contribution in [0.2, 0.25) is 10.0 Å². The molecule has 2 rings (SSSR count). The highest BCUT2D eigenvalue weighted by atomic mass is 35.5. The number of amides is 2. The summed E-state index contributed by atoms with van der Waals surface area (Å²) in [5.74, 6) is -0.674. The van der Waals surface area contributed by atoms with Crippen molar-refractivity contribution in [2.24, 2.45) is 0 Å². The second-order valence-corrected chi connectivity index (χ2v) is 5.24. The number of anilines is 1. The molecule has 0 bridgehead atoms. The molecule has 7 heteroatoms. The molecule has 1 aromatic carbocycles. The fourth-order valence-electron chi connectivity index (χ4n) is 1.77. The van der Waals surface area contributed by atoms with Crippen LogP contribution in [0.5, 0.6) is 0 Å². The Morgan fingerprint density at radius 3 is 2.59 bits per heavy atom. The minimum absolute atomic E-state index is 0.297. The first-order chi connectivity index (χ1) is 10.5. The van der Waals surface area contributed by atoms with Gasteiger partial charge < -0.3 is 10.6 Å². The van der Waals surface area contributed by atoms with E-state index in [1.54, 1.807) is 12.1 Å². The summed E-state index contributed by atoms with van der Waals surface area (Å²) >= 11 is 11.8. The molecule has 0 atom stereocenters. The van der Waals surface area contributed by atoms with Gasteiger partial charge in [-0.1, -0.05) is 23.2 Å². The molecule has 0 fully saturated rings. The van der Waals surface area contributed by atoms with Crippen molar-refractivity contribution in [3.05, 3.63) is 57.8 Å². The Morgan fingerprint density at radius 1 is 1.14 bits per heavy atom. The number of hydrogen-bond acceptors (Lipinski definition) is 3. The number of benzene rings is 1. The smallest absolute Gasteiger partial charge is 0.257 e. The van der Waals surface area contributed by atoms with Crippen LogP contribution in [-0.4, -0.2) is 23.3 Å². The quantitative estimate of drug-likeness (QED) is 0.898. The van der Waals surface area contributed by atoms with Gasteiger partial charge in [-0.05, 0) is 31.2 Å². The zero-order chi connectivity index (χ0) is 16.1. The topological polar surface area (TPSA) is 71.1 Å². The van der Waals surface area contributed by atoms with E-state index in [-0.39, 0.29) is 11.8 Å². The highest BCUT2D eigenvalue weighted by molar-refractivity contribution is 6.34. The fraction of sp³-hybridized carbons (Fsp3) is 0.133. The molecule has 1 heterocycles. The van der Waals surface area contributed by atoms with E-state index in [1.807, 2.05) is 6.92 Å². The van der Waals surface area contributed by atoms with Crippen molar-refractivity contribution >= 4 is 40.7 Å². The highest BCUT2D eigenvalue weighted by Crippen LogP contribution is 2.21. The monoisotopic (exact) mass is 337 g/mol. The SMILES string of the molecule is CCNC(=O)c1cc(NC(=O)c2cncc(Cl)c2)ccc1Cl. The third-order valence-corrected chi connectivity index (χ3v) is 3.31. The van der Waals surface area contributed by atoms with Gasteiger partial charge in [0.25, 0.3) is 11.8 Å². The first-order valence-corrected chi connectivity index (χ1v) is 7.26. The summed E-state index contributed by atoms with van der Waals surface area (Å²) in [6.07, 6.45) is 2.84. The molecule has 0 saturated carbocycles. The summed E-state index contributed by atoms with van der Waals surface area (Å²) in [7, 11) is 0. The minimum atomic E-state index is -0.376. The molecule has 22 heavy (non-hydrogen) atoms. The Kier molecular flexibility index (Phi) is 5.35. The van der Waals surface area contributed by atoms with Crippen molar-refractivity contribution in [1.82, 2.24) is 10.3 Å². The number of rotatable bonds is 4. The van der Waals surface area contributed by atoms with Crippen LogP contribution in [0.25, 0.3) is 0 Å². The molecule has 2 aromatic rings. The molecule has 0 radical (unpaired) electrons. The van der Waals surface area contributed by atoms with Gasteiger partial charge in [0.05, 0.1) is 21.2 Å². The lowest BCUT2D eigenvalue weighted by Gasteiger charge is -2.09. The van der Waals surface area contributed by atoms with Gasteiger partial charge >= 0.3 is 0 Å². The molecular formula is C15H13Cl2N3O2. The first-order valence-electron chi connectivity index (χ1n) is 6.51. The molecule has 114 valence electrons. The fourth-order valence-corrected chi connectivity index (χ4v) is 2.15. The van der Waals surface area contributed by atoms with E-state index in [2.05, 4.69) is 15.6 Å². The standard InChI is InChI=1S/C15H13Cl2N3O2/c1-2-19-15(22)12-6-11(3-4-13(12)17)20-14(21)9-5-10(16)8-18-7-9/h3-8H,2H2,1H3,(H,19,22)(H,20,21). The Labute approximate surface area is 137 Å². The molecule has 0 unspecified atom stereocenters. The number of halogens is 2. The van der Waals surface area contributed by atoms with Crippen LogP contribution in [0.1, 0.15) is 27.6 Å². The van der Waals surface area contributed by atoms with E-state index in [9.17, 15) is 9.59 Å². The summed E-state index contributed by atoms with van der Waals surface area (Å²) in [5, 5.41) is 6.01. The second kappa shape index (κ2) is 7.24. The number of pyridine rings is 1. The van der Waals surface area contributed by atoms with E-state index < -0.39 is 0 Å². The summed E-state index contributed by atoms with van der Waals surface area (Å²) < 4.78 is 0. The predicted octanol–water partition coefficient (Wildman–Crippen LogP) is 3.39. The van der Waals surface area contributed by atoms with Crippen LogP contribution >= 0.6 is 23.2 Å². The highest BCUT2D eigenvalue weighted by Gasteiger charge is 2.12. The van der Waals surface area contributed by atoms with Crippen molar-refractivity contribution in [2.75, 3.05) is 11.9 Å².